The number of phenols is 1. The van der Waals surface area contributed by atoms with E-state index < -0.39 is 44.0 Å². The Labute approximate surface area is 221 Å². The highest BCUT2D eigenvalue weighted by molar-refractivity contribution is 9.10. The Morgan fingerprint density at radius 1 is 0.868 bits per heavy atom. The van der Waals surface area contributed by atoms with Crippen molar-refractivity contribution in [3.05, 3.63) is 131 Å². The predicted molar refractivity (Wildman–Crippen MR) is 139 cm³/mol. The summed E-state index contributed by atoms with van der Waals surface area (Å²) in [5, 5.41) is 35.5. The highest BCUT2D eigenvalue weighted by Gasteiger charge is 2.25. The number of ketones is 1. The number of phenolic OH excluding ortho intramolecular Hbond substituents is 1. The number of pyridine rings is 1. The van der Waals surface area contributed by atoms with Crippen molar-refractivity contribution in [2.24, 2.45) is 0 Å². The molecule has 1 aromatic heterocycles. The zero-order valence-corrected chi connectivity index (χ0v) is 20.6. The van der Waals surface area contributed by atoms with Crippen LogP contribution in [0.15, 0.2) is 88.3 Å². The number of nitrogens with zero attached hydrogens (tertiary/aromatic N) is 3. The minimum Gasteiger partial charge on any atom is -0.507 e. The molecule has 0 fully saturated rings. The van der Waals surface area contributed by atoms with Crippen LogP contribution >= 0.6 is 15.9 Å². The molecular formula is C25H15BrN4O8. The number of halogens is 1. The summed E-state index contributed by atoms with van der Waals surface area (Å²) in [7, 11) is 0. The Morgan fingerprint density at radius 3 is 2.18 bits per heavy atom. The number of nitro benzene ring substituents is 2. The molecule has 0 spiro atoms. The average Bonchev–Trinajstić information content (AvgIpc) is 2.90. The molecule has 190 valence electrons. The molecule has 0 unspecified atom stereocenters. The van der Waals surface area contributed by atoms with E-state index >= 15 is 0 Å². The minimum absolute atomic E-state index is 0.169. The molecule has 0 saturated carbocycles. The van der Waals surface area contributed by atoms with E-state index in [9.17, 15) is 39.7 Å². The Kier molecular flexibility index (Phi) is 7.12. The Balaban J connectivity index is 1.93. The Morgan fingerprint density at radius 2 is 1.50 bits per heavy atom. The topological polar surface area (TPSA) is 175 Å². The van der Waals surface area contributed by atoms with Crippen LogP contribution in [-0.4, -0.2) is 31.2 Å². The van der Waals surface area contributed by atoms with Gasteiger partial charge in [-0.15, -0.1) is 0 Å². The molecular weight excluding hydrogens is 564 g/mol. The van der Waals surface area contributed by atoms with Gasteiger partial charge in [0, 0.05) is 28.4 Å². The van der Waals surface area contributed by atoms with Crippen LogP contribution in [0.2, 0.25) is 0 Å². The molecule has 4 aromatic rings. The molecule has 1 amide bonds. The van der Waals surface area contributed by atoms with Gasteiger partial charge >= 0.3 is 0 Å². The van der Waals surface area contributed by atoms with Crippen molar-refractivity contribution in [3.8, 4) is 11.4 Å². The van der Waals surface area contributed by atoms with Gasteiger partial charge in [-0.1, -0.05) is 40.2 Å². The molecule has 0 aliphatic carbocycles. The first-order valence-corrected chi connectivity index (χ1v) is 11.5. The lowest BCUT2D eigenvalue weighted by Gasteiger charge is -2.13. The Hall–Kier alpha value is -5.17. The quantitative estimate of drug-likeness (QED) is 0.181. The SMILES string of the molecule is O=C(c1cc(C(=O)Nc2ccccc2[N+](=O)[O-])c(=O)n(-c2ccccc2[N+](=O)[O-])c1)c1cc(Br)ccc1O. The fraction of sp³-hybridized carbons (Fsp3) is 0. The number of rotatable bonds is 7. The average molecular weight is 579 g/mol. The van der Waals surface area contributed by atoms with Crippen LogP contribution in [0, 0.1) is 20.2 Å². The van der Waals surface area contributed by atoms with Crippen molar-refractivity contribution in [2.45, 2.75) is 0 Å². The number of para-hydroxylation sites is 4. The van der Waals surface area contributed by atoms with Gasteiger partial charge in [0.05, 0.1) is 15.4 Å². The van der Waals surface area contributed by atoms with Crippen LogP contribution in [0.4, 0.5) is 17.1 Å². The number of anilines is 1. The van der Waals surface area contributed by atoms with Crippen LogP contribution in [0.5, 0.6) is 5.75 Å². The molecule has 0 aliphatic rings. The number of nitrogens with one attached hydrogen (secondary N) is 1. The third-order valence-electron chi connectivity index (χ3n) is 5.41. The highest BCUT2D eigenvalue weighted by atomic mass is 79.9. The molecule has 12 nitrogen and oxygen atoms in total. The van der Waals surface area contributed by atoms with Crippen molar-refractivity contribution in [1.29, 1.82) is 0 Å². The third-order valence-corrected chi connectivity index (χ3v) is 5.91. The number of aromatic nitrogens is 1. The van der Waals surface area contributed by atoms with E-state index in [1.54, 1.807) is 0 Å². The van der Waals surface area contributed by atoms with Crippen molar-refractivity contribution >= 4 is 44.7 Å². The maximum atomic E-state index is 13.4. The lowest BCUT2D eigenvalue weighted by molar-refractivity contribution is -0.384. The van der Waals surface area contributed by atoms with Crippen LogP contribution in [0.1, 0.15) is 26.3 Å². The van der Waals surface area contributed by atoms with Crippen LogP contribution in [0.3, 0.4) is 0 Å². The van der Waals surface area contributed by atoms with Gasteiger partial charge in [0.25, 0.3) is 22.8 Å². The molecule has 0 aliphatic heterocycles. The van der Waals surface area contributed by atoms with Gasteiger partial charge in [-0.25, -0.2) is 0 Å². The van der Waals surface area contributed by atoms with Gasteiger partial charge in [0.15, 0.2) is 5.78 Å². The van der Waals surface area contributed by atoms with E-state index in [-0.39, 0.29) is 28.3 Å². The van der Waals surface area contributed by atoms with E-state index in [1.807, 2.05) is 0 Å². The maximum Gasteiger partial charge on any atom is 0.293 e. The second-order valence-electron chi connectivity index (χ2n) is 7.78. The van der Waals surface area contributed by atoms with E-state index in [2.05, 4.69) is 21.2 Å². The first kappa shape index (κ1) is 25.9. The smallest absolute Gasteiger partial charge is 0.293 e. The normalized spacial score (nSPS) is 10.6. The molecule has 13 heteroatoms. The summed E-state index contributed by atoms with van der Waals surface area (Å²) in [6, 6.07) is 15.5. The van der Waals surface area contributed by atoms with Crippen molar-refractivity contribution in [3.63, 3.8) is 0 Å². The molecule has 4 rings (SSSR count). The predicted octanol–water partition coefficient (Wildman–Crippen LogP) is 4.61. The van der Waals surface area contributed by atoms with Crippen molar-refractivity contribution in [1.82, 2.24) is 4.57 Å². The van der Waals surface area contributed by atoms with Gasteiger partial charge in [0.2, 0.25) is 0 Å². The molecule has 1 heterocycles. The van der Waals surface area contributed by atoms with Gasteiger partial charge in [-0.2, -0.15) is 0 Å². The number of carbonyl (C=O) groups is 2. The van der Waals surface area contributed by atoms with Gasteiger partial charge < -0.3 is 10.4 Å². The second-order valence-corrected chi connectivity index (χ2v) is 8.70. The molecule has 0 atom stereocenters. The van der Waals surface area contributed by atoms with Gasteiger partial charge in [0.1, 0.15) is 22.7 Å². The number of nitro groups is 2. The summed E-state index contributed by atoms with van der Waals surface area (Å²) in [5.74, 6) is -2.27. The monoisotopic (exact) mass is 578 g/mol. The number of carbonyl (C=O) groups excluding carboxylic acids is 2. The van der Waals surface area contributed by atoms with Crippen LogP contribution < -0.4 is 10.9 Å². The molecule has 0 bridgehead atoms. The number of hydrogen-bond donors (Lipinski definition) is 2. The standard InChI is InChI=1S/C25H15BrN4O8/c26-15-9-10-22(31)16(12-15)23(32)14-11-17(24(33)27-18-5-1-2-6-19(18)29(35)36)25(34)28(13-14)20-7-3-4-8-21(20)30(37)38/h1-13,31H,(H,27,33). The second kappa shape index (κ2) is 10.4. The van der Waals surface area contributed by atoms with E-state index in [1.165, 1.54) is 54.6 Å². The number of amides is 1. The van der Waals surface area contributed by atoms with E-state index in [4.69, 9.17) is 0 Å². The summed E-state index contributed by atoms with van der Waals surface area (Å²) >= 11 is 3.21. The molecule has 3 aromatic carbocycles. The zero-order chi connectivity index (χ0) is 27.6. The van der Waals surface area contributed by atoms with E-state index in [0.29, 0.717) is 4.47 Å². The fourth-order valence-electron chi connectivity index (χ4n) is 3.64. The molecule has 0 saturated heterocycles. The maximum absolute atomic E-state index is 13.4. The lowest BCUT2D eigenvalue weighted by atomic mass is 10.0. The zero-order valence-electron chi connectivity index (χ0n) is 19.0. The first-order valence-electron chi connectivity index (χ1n) is 10.7. The summed E-state index contributed by atoms with van der Waals surface area (Å²) < 4.78 is 1.23. The number of hydrogen-bond acceptors (Lipinski definition) is 8. The summed E-state index contributed by atoms with van der Waals surface area (Å²) in [6.45, 7) is 0. The minimum atomic E-state index is -1.09. The largest absolute Gasteiger partial charge is 0.507 e. The molecule has 38 heavy (non-hydrogen) atoms. The summed E-state index contributed by atoms with van der Waals surface area (Å²) in [4.78, 5) is 61.5. The summed E-state index contributed by atoms with van der Waals surface area (Å²) in [5.41, 5.74) is -3.43. The van der Waals surface area contributed by atoms with Gasteiger partial charge in [-0.3, -0.25) is 39.2 Å². The highest BCUT2D eigenvalue weighted by Crippen LogP contribution is 2.27. The Bertz CT molecular complexity index is 1700. The van der Waals surface area contributed by atoms with Crippen molar-refractivity contribution in [2.75, 3.05) is 5.32 Å². The van der Waals surface area contributed by atoms with Crippen molar-refractivity contribution < 1.29 is 24.5 Å². The van der Waals surface area contributed by atoms with Gasteiger partial charge in [-0.05, 0) is 36.4 Å². The number of benzene rings is 3. The molecule has 2 N–H and O–H groups in total. The lowest BCUT2D eigenvalue weighted by Crippen LogP contribution is -2.30. The summed E-state index contributed by atoms with van der Waals surface area (Å²) in [6.07, 6.45) is 1.02. The van der Waals surface area contributed by atoms with E-state index in [0.717, 1.165) is 29.0 Å². The number of aromatic hydroxyl groups is 1. The molecule has 0 radical (unpaired) electrons. The van der Waals surface area contributed by atoms with Crippen LogP contribution in [0.25, 0.3) is 5.69 Å². The third kappa shape index (κ3) is 5.03. The first-order chi connectivity index (χ1) is 18.1. The van der Waals surface area contributed by atoms with Crippen LogP contribution in [-0.2, 0) is 0 Å². The fourth-order valence-corrected chi connectivity index (χ4v) is 4.00.